The van der Waals surface area contributed by atoms with E-state index in [1.807, 2.05) is 0 Å². The third-order valence-corrected chi connectivity index (χ3v) is 2.85. The number of nitriles is 1. The molecule has 0 spiro atoms. The Bertz CT molecular complexity index is 815. The van der Waals surface area contributed by atoms with E-state index in [9.17, 15) is 10.1 Å². The quantitative estimate of drug-likeness (QED) is 0.868. The van der Waals surface area contributed by atoms with Crippen LogP contribution in [0, 0.1) is 11.3 Å². The molecular formula is C15H13N5O. The van der Waals surface area contributed by atoms with E-state index < -0.39 is 5.91 Å². The third-order valence-electron chi connectivity index (χ3n) is 2.85. The van der Waals surface area contributed by atoms with Crippen LogP contribution in [0.25, 0.3) is 16.5 Å². The van der Waals surface area contributed by atoms with E-state index >= 15 is 0 Å². The predicted molar refractivity (Wildman–Crippen MR) is 80.6 cm³/mol. The molecular weight excluding hydrogens is 266 g/mol. The minimum Gasteiger partial charge on any atom is -0.364 e. The van der Waals surface area contributed by atoms with Crippen molar-refractivity contribution in [2.45, 2.75) is 13.8 Å². The summed E-state index contributed by atoms with van der Waals surface area (Å²) in [5.74, 6) is -0.338. The van der Waals surface area contributed by atoms with Crippen LogP contribution in [0.5, 0.6) is 0 Å². The molecule has 0 aliphatic carbocycles. The number of hydrogen-bond donors (Lipinski definition) is 1. The molecule has 0 saturated carbocycles. The van der Waals surface area contributed by atoms with E-state index in [1.54, 1.807) is 44.5 Å². The molecule has 6 nitrogen and oxygen atoms in total. The fourth-order valence-corrected chi connectivity index (χ4v) is 1.85. The van der Waals surface area contributed by atoms with E-state index in [1.165, 1.54) is 0 Å². The lowest BCUT2D eigenvalue weighted by Gasteiger charge is -2.07. The van der Waals surface area contributed by atoms with Crippen LogP contribution < -0.4 is 5.73 Å². The summed E-state index contributed by atoms with van der Waals surface area (Å²) >= 11 is 0. The summed E-state index contributed by atoms with van der Waals surface area (Å²) in [6.45, 7) is 3.56. The summed E-state index contributed by atoms with van der Waals surface area (Å²) in [6, 6.07) is 7.02. The maximum Gasteiger partial charge on any atom is 0.268 e. The highest BCUT2D eigenvalue weighted by Crippen LogP contribution is 2.21. The van der Waals surface area contributed by atoms with Crippen LogP contribution >= 0.6 is 0 Å². The Morgan fingerprint density at radius 3 is 2.81 bits per heavy atom. The van der Waals surface area contributed by atoms with E-state index in [2.05, 4.69) is 21.0 Å². The van der Waals surface area contributed by atoms with Crippen LogP contribution in [0.15, 0.2) is 29.4 Å². The van der Waals surface area contributed by atoms with Gasteiger partial charge in [0.05, 0.1) is 11.1 Å². The summed E-state index contributed by atoms with van der Waals surface area (Å²) in [6.07, 6.45) is 3.21. The number of carbonyl (C=O) groups is 1. The van der Waals surface area contributed by atoms with Gasteiger partial charge in [-0.25, -0.2) is 9.97 Å². The van der Waals surface area contributed by atoms with Gasteiger partial charge in [-0.05, 0) is 19.9 Å². The first-order valence-corrected chi connectivity index (χ1v) is 6.24. The molecule has 21 heavy (non-hydrogen) atoms. The van der Waals surface area contributed by atoms with Crippen LogP contribution in [-0.4, -0.2) is 22.1 Å². The molecule has 1 heterocycles. The van der Waals surface area contributed by atoms with Gasteiger partial charge in [0.15, 0.2) is 5.82 Å². The maximum absolute atomic E-state index is 11.6. The van der Waals surface area contributed by atoms with Crippen LogP contribution in [0.1, 0.15) is 35.7 Å². The van der Waals surface area contributed by atoms with Crippen molar-refractivity contribution in [3.63, 3.8) is 0 Å². The van der Waals surface area contributed by atoms with Gasteiger partial charge in [-0.1, -0.05) is 12.1 Å². The van der Waals surface area contributed by atoms with Crippen molar-refractivity contribution in [1.82, 2.24) is 9.97 Å². The molecule has 2 rings (SSSR count). The van der Waals surface area contributed by atoms with Crippen molar-refractivity contribution in [3.05, 3.63) is 41.5 Å². The average molecular weight is 279 g/mol. The first kappa shape index (κ1) is 14.3. The molecule has 2 aromatic rings. The van der Waals surface area contributed by atoms with Crippen molar-refractivity contribution in [3.8, 4) is 6.07 Å². The number of hydrogen-bond acceptors (Lipinski definition) is 5. The number of primary amides is 1. The molecule has 0 bridgehead atoms. The summed E-state index contributed by atoms with van der Waals surface area (Å²) in [4.78, 5) is 24.2. The Hall–Kier alpha value is -3.07. The molecule has 1 aromatic carbocycles. The number of allylic oxidation sites excluding steroid dienone is 1. The highest BCUT2D eigenvalue weighted by atomic mass is 16.1. The second-order valence-electron chi connectivity index (χ2n) is 4.29. The van der Waals surface area contributed by atoms with Gasteiger partial charge >= 0.3 is 0 Å². The normalized spacial score (nSPS) is 11.8. The Kier molecular flexibility index (Phi) is 4.05. The first-order chi connectivity index (χ1) is 10.1. The number of carbonyl (C=O) groups excluding carboxylic acids is 1. The number of aliphatic imine (C=N–C) groups is 1. The fraction of sp³-hybridized carbons (Fsp3) is 0.133. The molecule has 1 aromatic heterocycles. The molecule has 0 aliphatic rings. The fourth-order valence-electron chi connectivity index (χ4n) is 1.85. The van der Waals surface area contributed by atoms with Gasteiger partial charge in [-0.2, -0.15) is 5.26 Å². The van der Waals surface area contributed by atoms with Crippen LogP contribution in [0.3, 0.4) is 0 Å². The lowest BCUT2D eigenvalue weighted by molar-refractivity contribution is 0.0997. The SMILES string of the molecule is CC=N/C=C(\C)c1nc(C(N)=O)c2cccc(C#N)c2n1. The van der Waals surface area contributed by atoms with Crippen LogP contribution in [-0.2, 0) is 0 Å². The molecule has 0 aliphatic heterocycles. The highest BCUT2D eigenvalue weighted by molar-refractivity contribution is 6.04. The Morgan fingerprint density at radius 2 is 2.19 bits per heavy atom. The predicted octanol–water partition coefficient (Wildman–Crippen LogP) is 2.05. The Balaban J connectivity index is 2.82. The summed E-state index contributed by atoms with van der Waals surface area (Å²) in [7, 11) is 0. The van der Waals surface area contributed by atoms with Gasteiger partial charge in [-0.15, -0.1) is 0 Å². The molecule has 0 radical (unpaired) electrons. The van der Waals surface area contributed by atoms with Gasteiger partial charge in [-0.3, -0.25) is 9.79 Å². The third kappa shape index (κ3) is 2.77. The highest BCUT2D eigenvalue weighted by Gasteiger charge is 2.15. The van der Waals surface area contributed by atoms with Crippen LogP contribution in [0.4, 0.5) is 0 Å². The number of nitrogens with two attached hydrogens (primary N) is 1. The maximum atomic E-state index is 11.6. The first-order valence-electron chi connectivity index (χ1n) is 6.24. The van der Waals surface area contributed by atoms with Gasteiger partial charge in [0.25, 0.3) is 5.91 Å². The summed E-state index contributed by atoms with van der Waals surface area (Å²) in [5.41, 5.74) is 6.92. The number of para-hydroxylation sites is 1. The van der Waals surface area contributed by atoms with Crippen molar-refractivity contribution in [2.75, 3.05) is 0 Å². The van der Waals surface area contributed by atoms with E-state index in [0.717, 1.165) is 0 Å². The van der Waals surface area contributed by atoms with E-state index in [4.69, 9.17) is 5.73 Å². The van der Waals surface area contributed by atoms with Crippen LogP contribution in [0.2, 0.25) is 0 Å². The number of rotatable bonds is 3. The van der Waals surface area contributed by atoms with E-state index in [-0.39, 0.29) is 5.69 Å². The molecule has 2 N–H and O–H groups in total. The molecule has 6 heteroatoms. The van der Waals surface area contributed by atoms with Gasteiger partial charge in [0.1, 0.15) is 11.8 Å². The average Bonchev–Trinajstić information content (AvgIpc) is 2.50. The number of amides is 1. The minimum absolute atomic E-state index is 0.0975. The lowest BCUT2D eigenvalue weighted by atomic mass is 10.1. The second kappa shape index (κ2) is 5.92. The lowest BCUT2D eigenvalue weighted by Crippen LogP contribution is -2.15. The van der Waals surface area contributed by atoms with E-state index in [0.29, 0.717) is 27.9 Å². The summed E-state index contributed by atoms with van der Waals surface area (Å²) in [5, 5.41) is 9.64. The zero-order valence-corrected chi connectivity index (χ0v) is 11.7. The molecule has 1 amide bonds. The molecule has 0 unspecified atom stereocenters. The monoisotopic (exact) mass is 279 g/mol. The standard InChI is InChI=1S/C15H13N5O/c1-3-18-8-9(2)15-19-12-10(7-16)5-4-6-11(12)13(20-15)14(17)21/h3-6,8H,1-2H3,(H2,17,21)/b9-8+,18-3?. The number of benzene rings is 1. The van der Waals surface area contributed by atoms with Gasteiger partial charge < -0.3 is 5.73 Å². The number of fused-ring (bicyclic) bond motifs is 1. The number of aromatic nitrogens is 2. The molecule has 0 atom stereocenters. The minimum atomic E-state index is -0.662. The smallest absolute Gasteiger partial charge is 0.268 e. The van der Waals surface area contributed by atoms with Gasteiger partial charge in [0.2, 0.25) is 0 Å². The zero-order valence-electron chi connectivity index (χ0n) is 11.7. The molecule has 0 saturated heterocycles. The topological polar surface area (TPSA) is 105 Å². The van der Waals surface area contributed by atoms with Crippen molar-refractivity contribution < 1.29 is 4.79 Å². The zero-order chi connectivity index (χ0) is 15.4. The van der Waals surface area contributed by atoms with Crippen molar-refractivity contribution in [1.29, 1.82) is 5.26 Å². The molecule has 0 fully saturated rings. The number of nitrogens with zero attached hydrogens (tertiary/aromatic N) is 4. The largest absolute Gasteiger partial charge is 0.364 e. The van der Waals surface area contributed by atoms with Gasteiger partial charge in [0, 0.05) is 23.4 Å². The Morgan fingerprint density at radius 1 is 1.43 bits per heavy atom. The Labute approximate surface area is 121 Å². The summed E-state index contributed by atoms with van der Waals surface area (Å²) < 4.78 is 0. The van der Waals surface area contributed by atoms with Crippen molar-refractivity contribution in [2.24, 2.45) is 10.7 Å². The molecule has 104 valence electrons. The second-order valence-corrected chi connectivity index (χ2v) is 4.29. The van der Waals surface area contributed by atoms with Crippen molar-refractivity contribution >= 4 is 28.6 Å².